The molecule has 0 aliphatic carbocycles. The molecule has 0 unspecified atom stereocenters. The summed E-state index contributed by atoms with van der Waals surface area (Å²) in [5.74, 6) is 0. The highest BCUT2D eigenvalue weighted by Crippen LogP contribution is 2.34. The summed E-state index contributed by atoms with van der Waals surface area (Å²) in [6.07, 6.45) is 6.97. The van der Waals surface area contributed by atoms with Gasteiger partial charge in [-0.3, -0.25) is 0 Å². The molecule has 4 rings (SSSR count). The third-order valence-corrected chi connectivity index (χ3v) is 5.66. The molecule has 0 bridgehead atoms. The van der Waals surface area contributed by atoms with Crippen LogP contribution < -0.4 is 21.3 Å². The molecule has 4 heteroatoms. The van der Waals surface area contributed by atoms with Crippen molar-refractivity contribution in [2.45, 2.75) is 32.1 Å². The van der Waals surface area contributed by atoms with E-state index < -0.39 is 0 Å². The van der Waals surface area contributed by atoms with Crippen molar-refractivity contribution in [1.29, 1.82) is 0 Å². The fraction of sp³-hybridized carbons (Fsp3) is 1.00. The minimum absolute atomic E-state index is 0.667. The van der Waals surface area contributed by atoms with Gasteiger partial charge in [0.05, 0.1) is 0 Å². The van der Waals surface area contributed by atoms with Gasteiger partial charge in [0.1, 0.15) is 0 Å². The molecule has 4 saturated heterocycles. The third-order valence-electron chi connectivity index (χ3n) is 5.66. The Labute approximate surface area is 117 Å². The lowest BCUT2D eigenvalue weighted by molar-refractivity contribution is 0.229. The number of piperidine rings is 1. The van der Waals surface area contributed by atoms with Crippen LogP contribution in [0.5, 0.6) is 0 Å². The lowest BCUT2D eigenvalue weighted by atomic mass is 9.78. The summed E-state index contributed by atoms with van der Waals surface area (Å²) in [6, 6.07) is 0. The normalized spacial score (nSPS) is 31.6. The molecular weight excluding hydrogens is 236 g/mol. The first kappa shape index (κ1) is 13.8. The number of hydrogen-bond acceptors (Lipinski definition) is 4. The molecule has 4 aliphatic heterocycles. The van der Waals surface area contributed by atoms with Crippen LogP contribution in [0, 0.1) is 10.8 Å². The fourth-order valence-electron chi connectivity index (χ4n) is 4.13. The van der Waals surface area contributed by atoms with Gasteiger partial charge in [0.25, 0.3) is 0 Å². The van der Waals surface area contributed by atoms with Gasteiger partial charge < -0.3 is 21.3 Å². The monoisotopic (exact) mass is 266 g/mol. The first-order valence-electron chi connectivity index (χ1n) is 8.16. The van der Waals surface area contributed by atoms with Gasteiger partial charge in [-0.05, 0) is 75.7 Å². The molecular formula is C15H30N4. The molecule has 2 spiro atoms. The molecule has 0 aromatic heterocycles. The second kappa shape index (κ2) is 6.08. The second-order valence-corrected chi connectivity index (χ2v) is 7.03. The Balaban J connectivity index is 0.000000117. The Morgan fingerprint density at radius 3 is 1.21 bits per heavy atom. The number of rotatable bonds is 0. The quantitative estimate of drug-likeness (QED) is 0.510. The standard InChI is InChI=1S/C8H16N2.C7H14N2/c1-4-9-5-2-8(1)3-6-10-7-8;1-3-8-5-7(1)2-4-9-6-7/h9-10H,1-7H2;8-9H,1-6H2. The van der Waals surface area contributed by atoms with Crippen LogP contribution in [0.1, 0.15) is 32.1 Å². The molecule has 4 heterocycles. The van der Waals surface area contributed by atoms with Crippen molar-refractivity contribution in [2.75, 3.05) is 52.4 Å². The molecule has 0 saturated carbocycles. The van der Waals surface area contributed by atoms with Gasteiger partial charge in [-0.1, -0.05) is 0 Å². The van der Waals surface area contributed by atoms with Gasteiger partial charge in [0, 0.05) is 19.6 Å². The molecule has 4 nitrogen and oxygen atoms in total. The predicted molar refractivity (Wildman–Crippen MR) is 79.4 cm³/mol. The molecule has 4 fully saturated rings. The minimum atomic E-state index is 0.667. The Bertz CT molecular complexity index is 248. The highest BCUT2D eigenvalue weighted by molar-refractivity contribution is 4.94. The van der Waals surface area contributed by atoms with Crippen LogP contribution in [0.25, 0.3) is 0 Å². The molecule has 0 aromatic rings. The van der Waals surface area contributed by atoms with Crippen LogP contribution in [-0.2, 0) is 0 Å². The van der Waals surface area contributed by atoms with Crippen LogP contribution in [0.4, 0.5) is 0 Å². The van der Waals surface area contributed by atoms with Gasteiger partial charge >= 0.3 is 0 Å². The van der Waals surface area contributed by atoms with Crippen molar-refractivity contribution in [3.8, 4) is 0 Å². The molecule has 0 amide bonds. The molecule has 0 atom stereocenters. The number of nitrogens with one attached hydrogen (secondary N) is 4. The van der Waals surface area contributed by atoms with E-state index in [1.807, 2.05) is 0 Å². The molecule has 110 valence electrons. The Kier molecular flexibility index (Phi) is 4.42. The van der Waals surface area contributed by atoms with Gasteiger partial charge in [-0.15, -0.1) is 0 Å². The van der Waals surface area contributed by atoms with Crippen molar-refractivity contribution >= 4 is 0 Å². The maximum Gasteiger partial charge on any atom is 0.00209 e. The molecule has 4 N–H and O–H groups in total. The first-order chi connectivity index (χ1) is 9.33. The van der Waals surface area contributed by atoms with E-state index in [9.17, 15) is 0 Å². The molecule has 0 radical (unpaired) electrons. The minimum Gasteiger partial charge on any atom is -0.317 e. The van der Waals surface area contributed by atoms with E-state index in [0.29, 0.717) is 10.8 Å². The third kappa shape index (κ3) is 3.30. The summed E-state index contributed by atoms with van der Waals surface area (Å²) in [6.45, 7) is 9.97. The molecule has 19 heavy (non-hydrogen) atoms. The SMILES string of the molecule is C1CC2(CCN1)CCNC2.C1CC2(CCNC2)CN1. The van der Waals surface area contributed by atoms with Crippen molar-refractivity contribution < 1.29 is 0 Å². The summed E-state index contributed by atoms with van der Waals surface area (Å²) in [5.41, 5.74) is 1.37. The van der Waals surface area contributed by atoms with Crippen LogP contribution in [0.2, 0.25) is 0 Å². The van der Waals surface area contributed by atoms with Gasteiger partial charge in [0.15, 0.2) is 0 Å². The van der Waals surface area contributed by atoms with E-state index in [0.717, 1.165) is 0 Å². The zero-order valence-electron chi connectivity index (χ0n) is 12.2. The topological polar surface area (TPSA) is 48.1 Å². The highest BCUT2D eigenvalue weighted by atomic mass is 15.0. The van der Waals surface area contributed by atoms with Crippen LogP contribution >= 0.6 is 0 Å². The van der Waals surface area contributed by atoms with E-state index in [2.05, 4.69) is 21.3 Å². The zero-order valence-corrected chi connectivity index (χ0v) is 12.2. The van der Waals surface area contributed by atoms with Gasteiger partial charge in [-0.2, -0.15) is 0 Å². The Morgan fingerprint density at radius 1 is 0.421 bits per heavy atom. The largest absolute Gasteiger partial charge is 0.317 e. The van der Waals surface area contributed by atoms with Crippen LogP contribution in [0.15, 0.2) is 0 Å². The molecule has 4 aliphatic rings. The smallest absolute Gasteiger partial charge is 0.00209 e. The molecule has 0 aromatic carbocycles. The maximum atomic E-state index is 3.46. The second-order valence-electron chi connectivity index (χ2n) is 7.03. The first-order valence-corrected chi connectivity index (χ1v) is 8.16. The lowest BCUT2D eigenvalue weighted by Gasteiger charge is -2.32. The maximum absolute atomic E-state index is 3.46. The summed E-state index contributed by atoms with van der Waals surface area (Å²) in [4.78, 5) is 0. The van der Waals surface area contributed by atoms with E-state index in [1.54, 1.807) is 0 Å². The average molecular weight is 266 g/mol. The van der Waals surface area contributed by atoms with E-state index in [1.165, 1.54) is 84.5 Å². The summed E-state index contributed by atoms with van der Waals surface area (Å²) in [7, 11) is 0. The lowest BCUT2D eigenvalue weighted by Crippen LogP contribution is -2.37. The highest BCUT2D eigenvalue weighted by Gasteiger charge is 2.36. The van der Waals surface area contributed by atoms with Crippen molar-refractivity contribution in [3.05, 3.63) is 0 Å². The summed E-state index contributed by atoms with van der Waals surface area (Å²) < 4.78 is 0. The van der Waals surface area contributed by atoms with Crippen molar-refractivity contribution in [2.24, 2.45) is 10.8 Å². The zero-order chi connectivity index (χ0) is 13.0. The van der Waals surface area contributed by atoms with Crippen LogP contribution in [0.3, 0.4) is 0 Å². The van der Waals surface area contributed by atoms with Crippen molar-refractivity contribution in [1.82, 2.24) is 21.3 Å². The van der Waals surface area contributed by atoms with Gasteiger partial charge in [0.2, 0.25) is 0 Å². The van der Waals surface area contributed by atoms with E-state index in [-0.39, 0.29) is 0 Å². The predicted octanol–water partition coefficient (Wildman–Crippen LogP) is 0.309. The number of hydrogen-bond donors (Lipinski definition) is 4. The Hall–Kier alpha value is -0.160. The van der Waals surface area contributed by atoms with Crippen LogP contribution in [-0.4, -0.2) is 52.4 Å². The van der Waals surface area contributed by atoms with E-state index >= 15 is 0 Å². The average Bonchev–Trinajstić information content (AvgIpc) is 3.18. The Morgan fingerprint density at radius 2 is 0.789 bits per heavy atom. The van der Waals surface area contributed by atoms with Gasteiger partial charge in [-0.25, -0.2) is 0 Å². The fourth-order valence-corrected chi connectivity index (χ4v) is 4.13. The summed E-state index contributed by atoms with van der Waals surface area (Å²) >= 11 is 0. The van der Waals surface area contributed by atoms with E-state index in [4.69, 9.17) is 0 Å². The van der Waals surface area contributed by atoms with Crippen molar-refractivity contribution in [3.63, 3.8) is 0 Å². The summed E-state index contributed by atoms with van der Waals surface area (Å²) in [5, 5.41) is 13.7.